The van der Waals surface area contributed by atoms with E-state index in [4.69, 9.17) is 0 Å². The normalized spacial score (nSPS) is 23.0. The van der Waals surface area contributed by atoms with Gasteiger partial charge in [-0.3, -0.25) is 14.3 Å². The number of aromatic nitrogens is 3. The van der Waals surface area contributed by atoms with Crippen LogP contribution in [0.1, 0.15) is 24.1 Å². The van der Waals surface area contributed by atoms with Crippen LogP contribution in [0, 0.1) is 5.92 Å². The number of carbonyl (C=O) groups is 1. The Morgan fingerprint density at radius 3 is 2.80 bits per heavy atom. The lowest BCUT2D eigenvalue weighted by molar-refractivity contribution is -0.135. The van der Waals surface area contributed by atoms with Crippen LogP contribution in [-0.4, -0.2) is 63.8 Å². The van der Waals surface area contributed by atoms with E-state index in [9.17, 15) is 9.59 Å². The van der Waals surface area contributed by atoms with E-state index in [0.29, 0.717) is 13.1 Å². The first-order valence-electron chi connectivity index (χ1n) is 10.6. The summed E-state index contributed by atoms with van der Waals surface area (Å²) in [6.45, 7) is 2.38. The molecule has 0 N–H and O–H groups in total. The van der Waals surface area contributed by atoms with Crippen molar-refractivity contribution in [3.63, 3.8) is 0 Å². The molecule has 4 heterocycles. The zero-order valence-electron chi connectivity index (χ0n) is 17.4. The zero-order valence-corrected chi connectivity index (χ0v) is 17.4. The molecular formula is C23H27N5O2. The van der Waals surface area contributed by atoms with Gasteiger partial charge < -0.3 is 14.4 Å². The molecular weight excluding hydrogens is 378 g/mol. The number of fused-ring (bicyclic) bond motifs is 5. The molecule has 2 bridgehead atoms. The molecule has 0 unspecified atom stereocenters. The number of amides is 1. The van der Waals surface area contributed by atoms with Gasteiger partial charge >= 0.3 is 0 Å². The van der Waals surface area contributed by atoms with Crippen LogP contribution in [0.15, 0.2) is 53.5 Å². The number of pyridine rings is 1. The fraction of sp³-hybridized carbons (Fsp3) is 0.435. The highest BCUT2D eigenvalue weighted by molar-refractivity contribution is 5.82. The summed E-state index contributed by atoms with van der Waals surface area (Å²) in [5.41, 5.74) is 2.11. The molecule has 3 atom stereocenters. The molecule has 7 heteroatoms. The van der Waals surface area contributed by atoms with E-state index in [-0.39, 0.29) is 35.9 Å². The van der Waals surface area contributed by atoms with Gasteiger partial charge in [0.15, 0.2) is 0 Å². The van der Waals surface area contributed by atoms with Gasteiger partial charge in [-0.2, -0.15) is 5.10 Å². The third-order valence-corrected chi connectivity index (χ3v) is 6.54. The van der Waals surface area contributed by atoms with Crippen molar-refractivity contribution < 1.29 is 4.79 Å². The lowest BCUT2D eigenvalue weighted by Crippen LogP contribution is -2.53. The van der Waals surface area contributed by atoms with Gasteiger partial charge in [0.2, 0.25) is 5.91 Å². The van der Waals surface area contributed by atoms with Gasteiger partial charge in [-0.1, -0.05) is 24.3 Å². The van der Waals surface area contributed by atoms with E-state index < -0.39 is 0 Å². The molecule has 0 spiro atoms. The fourth-order valence-corrected chi connectivity index (χ4v) is 5.24. The van der Waals surface area contributed by atoms with Crippen molar-refractivity contribution in [2.45, 2.75) is 24.9 Å². The summed E-state index contributed by atoms with van der Waals surface area (Å²) in [6, 6.07) is 13.6. The summed E-state index contributed by atoms with van der Waals surface area (Å²) in [7, 11) is 4.07. The first-order valence-corrected chi connectivity index (χ1v) is 10.6. The predicted molar refractivity (Wildman–Crippen MR) is 115 cm³/mol. The highest BCUT2D eigenvalue weighted by Gasteiger charge is 2.41. The van der Waals surface area contributed by atoms with E-state index in [2.05, 4.69) is 16.1 Å². The topological polar surface area (TPSA) is 63.4 Å². The summed E-state index contributed by atoms with van der Waals surface area (Å²) in [6.07, 6.45) is 2.83. The Morgan fingerprint density at radius 2 is 1.97 bits per heavy atom. The van der Waals surface area contributed by atoms with E-state index in [1.54, 1.807) is 10.7 Å². The number of para-hydroxylation sites is 1. The van der Waals surface area contributed by atoms with Crippen molar-refractivity contribution in [2.75, 3.05) is 33.7 Å². The summed E-state index contributed by atoms with van der Waals surface area (Å²) >= 11 is 0. The summed E-state index contributed by atoms with van der Waals surface area (Å²) in [5.74, 6) is 0.570. The number of carbonyl (C=O) groups excluding carboxylic acids is 1. The van der Waals surface area contributed by atoms with Gasteiger partial charge in [0.25, 0.3) is 5.56 Å². The average molecular weight is 406 g/mol. The van der Waals surface area contributed by atoms with Crippen LogP contribution in [0.4, 0.5) is 0 Å². The van der Waals surface area contributed by atoms with Crippen LogP contribution in [0.25, 0.3) is 10.9 Å². The van der Waals surface area contributed by atoms with Gasteiger partial charge in [-0.25, -0.2) is 0 Å². The van der Waals surface area contributed by atoms with E-state index >= 15 is 0 Å². The van der Waals surface area contributed by atoms with Gasteiger partial charge in [0, 0.05) is 42.7 Å². The van der Waals surface area contributed by atoms with Crippen molar-refractivity contribution in [1.29, 1.82) is 0 Å². The fourth-order valence-electron chi connectivity index (χ4n) is 5.24. The lowest BCUT2D eigenvalue weighted by Gasteiger charge is -2.47. The molecule has 1 saturated heterocycles. The Hall–Kier alpha value is -2.93. The standard InChI is InChI=1S/C23H27N5O2/c1-25(2)14-21-18-10-17(20-8-5-9-22(29)28(20)21)12-26(13-18)23(30)15-27-19-7-4-3-6-16(19)11-24-27/h3-9,11,17-18,21H,10,12-15H2,1-2H3/t17-,18+,21+/m1/s1. The summed E-state index contributed by atoms with van der Waals surface area (Å²) in [4.78, 5) is 30.0. The van der Waals surface area contributed by atoms with Gasteiger partial charge in [0.1, 0.15) is 6.54 Å². The second-order valence-corrected chi connectivity index (χ2v) is 8.84. The minimum Gasteiger partial charge on any atom is -0.340 e. The van der Waals surface area contributed by atoms with Crippen molar-refractivity contribution in [2.24, 2.45) is 5.92 Å². The molecule has 1 aromatic carbocycles. The van der Waals surface area contributed by atoms with Crippen LogP contribution < -0.4 is 5.56 Å². The van der Waals surface area contributed by atoms with Crippen molar-refractivity contribution in [3.8, 4) is 0 Å². The largest absolute Gasteiger partial charge is 0.340 e. The third kappa shape index (κ3) is 3.23. The molecule has 2 aliphatic rings. The Kier molecular flexibility index (Phi) is 4.70. The van der Waals surface area contributed by atoms with Crippen molar-refractivity contribution in [1.82, 2.24) is 24.1 Å². The Labute approximate surface area is 175 Å². The average Bonchev–Trinajstić information content (AvgIpc) is 3.14. The second-order valence-electron chi connectivity index (χ2n) is 8.84. The Morgan fingerprint density at radius 1 is 1.13 bits per heavy atom. The molecule has 156 valence electrons. The minimum absolute atomic E-state index is 0.0665. The maximum Gasteiger partial charge on any atom is 0.251 e. The monoisotopic (exact) mass is 405 g/mol. The first kappa shape index (κ1) is 19.1. The molecule has 7 nitrogen and oxygen atoms in total. The van der Waals surface area contributed by atoms with Gasteiger partial charge in [-0.05, 0) is 38.6 Å². The van der Waals surface area contributed by atoms with E-state index in [1.807, 2.05) is 60.1 Å². The molecule has 2 aliphatic heterocycles. The predicted octanol–water partition coefficient (Wildman–Crippen LogP) is 1.95. The first-order chi connectivity index (χ1) is 14.5. The quantitative estimate of drug-likeness (QED) is 0.666. The number of nitrogens with zero attached hydrogens (tertiary/aromatic N) is 5. The molecule has 1 amide bonds. The highest BCUT2D eigenvalue weighted by atomic mass is 16.2. The van der Waals surface area contributed by atoms with Crippen LogP contribution in [0.2, 0.25) is 0 Å². The van der Waals surface area contributed by atoms with Crippen molar-refractivity contribution >= 4 is 16.8 Å². The van der Waals surface area contributed by atoms with Crippen LogP contribution in [0.3, 0.4) is 0 Å². The molecule has 0 saturated carbocycles. The zero-order chi connectivity index (χ0) is 20.8. The molecule has 5 rings (SSSR count). The smallest absolute Gasteiger partial charge is 0.251 e. The SMILES string of the molecule is CN(C)C[C@H]1[C@H]2C[C@H](CN(C(=O)Cn3ncc4ccccc43)C2)c2cccc(=O)n21. The lowest BCUT2D eigenvalue weighted by atomic mass is 9.78. The van der Waals surface area contributed by atoms with Crippen LogP contribution in [-0.2, 0) is 11.3 Å². The Balaban J connectivity index is 1.43. The minimum atomic E-state index is 0.0665. The molecule has 0 radical (unpaired) electrons. The molecule has 30 heavy (non-hydrogen) atoms. The number of hydrogen-bond donors (Lipinski definition) is 0. The maximum absolute atomic E-state index is 13.2. The van der Waals surface area contributed by atoms with Gasteiger partial charge in [0.05, 0.1) is 17.8 Å². The molecule has 3 aromatic rings. The van der Waals surface area contributed by atoms with Crippen molar-refractivity contribution in [3.05, 3.63) is 64.7 Å². The highest BCUT2D eigenvalue weighted by Crippen LogP contribution is 2.41. The number of hydrogen-bond acceptors (Lipinski definition) is 4. The third-order valence-electron chi connectivity index (χ3n) is 6.54. The summed E-state index contributed by atoms with van der Waals surface area (Å²) < 4.78 is 3.78. The van der Waals surface area contributed by atoms with Crippen LogP contribution >= 0.6 is 0 Å². The van der Waals surface area contributed by atoms with Crippen LogP contribution in [0.5, 0.6) is 0 Å². The number of rotatable bonds is 4. The number of likely N-dealkylation sites (tertiary alicyclic amines) is 1. The maximum atomic E-state index is 13.2. The molecule has 2 aromatic heterocycles. The van der Waals surface area contributed by atoms with E-state index in [0.717, 1.165) is 29.6 Å². The number of piperidine rings is 1. The number of likely N-dealkylation sites (N-methyl/N-ethyl adjacent to an activating group) is 1. The second kappa shape index (κ2) is 7.40. The Bertz CT molecular complexity index is 1150. The number of benzene rings is 1. The van der Waals surface area contributed by atoms with Gasteiger partial charge in [-0.15, -0.1) is 0 Å². The molecule has 1 fully saturated rings. The molecule has 0 aliphatic carbocycles. The van der Waals surface area contributed by atoms with E-state index in [1.165, 1.54) is 0 Å². The summed E-state index contributed by atoms with van der Waals surface area (Å²) in [5, 5.41) is 5.46.